The highest BCUT2D eigenvalue weighted by Gasteiger charge is 2.44. The molecule has 9 heteroatoms. The summed E-state index contributed by atoms with van der Waals surface area (Å²) in [6.45, 7) is -0.506. The van der Waals surface area contributed by atoms with Crippen molar-refractivity contribution >= 4 is 22.1 Å². The van der Waals surface area contributed by atoms with Crippen LogP contribution in [0, 0.1) is 5.82 Å². The van der Waals surface area contributed by atoms with Crippen LogP contribution in [-0.4, -0.2) is 63.5 Å². The largest absolute Gasteiger partial charge is 0.496 e. The zero-order chi connectivity index (χ0) is 25.4. The number of halogens is 1. The summed E-state index contributed by atoms with van der Waals surface area (Å²) in [5.74, 6) is 0.350. The van der Waals surface area contributed by atoms with Crippen LogP contribution in [0.25, 0.3) is 21.2 Å². The van der Waals surface area contributed by atoms with Crippen molar-refractivity contribution < 1.29 is 34.3 Å². The number of aromatic nitrogens is 1. The first-order valence-electron chi connectivity index (χ1n) is 11.5. The lowest BCUT2D eigenvalue weighted by Crippen LogP contribution is -2.55. The average molecular weight is 512 g/mol. The molecule has 5 atom stereocenters. The zero-order valence-electron chi connectivity index (χ0n) is 19.4. The summed E-state index contributed by atoms with van der Waals surface area (Å²) in [4.78, 5) is 5.45. The van der Waals surface area contributed by atoms with Crippen molar-refractivity contribution in [1.82, 2.24) is 4.98 Å². The number of rotatable bonds is 6. The van der Waals surface area contributed by atoms with Gasteiger partial charge in [0.05, 0.1) is 23.6 Å². The molecule has 4 aromatic rings. The van der Waals surface area contributed by atoms with Crippen LogP contribution < -0.4 is 4.74 Å². The van der Waals surface area contributed by atoms with Crippen molar-refractivity contribution in [2.75, 3.05) is 13.7 Å². The smallest absolute Gasteiger partial charge is 0.130 e. The molecule has 1 aliphatic heterocycles. The summed E-state index contributed by atoms with van der Waals surface area (Å²) in [6.07, 6.45) is -4.16. The van der Waals surface area contributed by atoms with Gasteiger partial charge in [0.15, 0.2) is 0 Å². The maximum atomic E-state index is 13.3. The minimum atomic E-state index is -1.48. The third kappa shape index (κ3) is 4.50. The summed E-state index contributed by atoms with van der Waals surface area (Å²) < 4.78 is 25.0. The van der Waals surface area contributed by atoms with E-state index in [2.05, 4.69) is 4.98 Å². The third-order valence-corrected chi connectivity index (χ3v) is 7.58. The van der Waals surface area contributed by atoms with Gasteiger partial charge in [-0.25, -0.2) is 9.37 Å². The van der Waals surface area contributed by atoms with E-state index >= 15 is 0 Å². The molecule has 2 heterocycles. The normalized spacial score (nSPS) is 24.2. The molecule has 1 saturated heterocycles. The maximum absolute atomic E-state index is 13.3. The summed E-state index contributed by atoms with van der Waals surface area (Å²) in [5.41, 5.74) is 2.27. The minimum absolute atomic E-state index is 0.301. The van der Waals surface area contributed by atoms with Crippen molar-refractivity contribution in [1.29, 1.82) is 0 Å². The Kier molecular flexibility index (Phi) is 7.03. The first-order valence-corrected chi connectivity index (χ1v) is 12.3. The van der Waals surface area contributed by atoms with Crippen molar-refractivity contribution in [3.63, 3.8) is 0 Å². The molecule has 0 aliphatic carbocycles. The Morgan fingerprint density at radius 1 is 1.00 bits per heavy atom. The van der Waals surface area contributed by atoms with Crippen LogP contribution >= 0.6 is 11.3 Å². The van der Waals surface area contributed by atoms with Gasteiger partial charge in [-0.05, 0) is 34.7 Å². The lowest BCUT2D eigenvalue weighted by Gasteiger charge is -2.40. The van der Waals surface area contributed by atoms with Gasteiger partial charge < -0.3 is 29.9 Å². The second kappa shape index (κ2) is 10.2. The molecule has 36 heavy (non-hydrogen) atoms. The summed E-state index contributed by atoms with van der Waals surface area (Å²) in [6, 6.07) is 15.6. The minimum Gasteiger partial charge on any atom is -0.496 e. The highest BCUT2D eigenvalue weighted by Crippen LogP contribution is 2.41. The number of methoxy groups -OCH3 is 1. The van der Waals surface area contributed by atoms with E-state index in [9.17, 15) is 24.8 Å². The molecule has 1 fully saturated rings. The number of ether oxygens (including phenoxy) is 2. The number of hydrogen-bond donors (Lipinski definition) is 4. The molecule has 188 valence electrons. The second-order valence-electron chi connectivity index (χ2n) is 8.76. The molecular weight excluding hydrogens is 485 g/mol. The van der Waals surface area contributed by atoms with Crippen molar-refractivity contribution in [3.05, 3.63) is 82.7 Å². The fraction of sp³-hybridized carbons (Fsp3) is 0.296. The van der Waals surface area contributed by atoms with Crippen LogP contribution in [0.15, 0.2) is 60.8 Å². The number of fused-ring (bicyclic) bond motifs is 1. The zero-order valence-corrected chi connectivity index (χ0v) is 20.2. The van der Waals surface area contributed by atoms with E-state index in [0.717, 1.165) is 31.8 Å². The monoisotopic (exact) mass is 511 g/mol. The van der Waals surface area contributed by atoms with Crippen molar-refractivity contribution in [3.8, 4) is 16.2 Å². The quantitative estimate of drug-likeness (QED) is 0.315. The number of aliphatic hydroxyl groups is 4. The van der Waals surface area contributed by atoms with Gasteiger partial charge in [-0.1, -0.05) is 36.4 Å². The molecule has 4 N–H and O–H groups in total. The number of hydrogen-bond acceptors (Lipinski definition) is 8. The Hall–Kier alpha value is -2.92. The van der Waals surface area contributed by atoms with Gasteiger partial charge in [-0.3, -0.25) is 0 Å². The molecule has 1 aromatic heterocycles. The van der Waals surface area contributed by atoms with E-state index < -0.39 is 37.1 Å². The highest BCUT2D eigenvalue weighted by molar-refractivity contribution is 7.15. The molecule has 3 aromatic carbocycles. The van der Waals surface area contributed by atoms with Gasteiger partial charge in [-0.15, -0.1) is 11.3 Å². The topological polar surface area (TPSA) is 112 Å². The fourth-order valence-corrected chi connectivity index (χ4v) is 5.65. The van der Waals surface area contributed by atoms with Crippen LogP contribution in [0.3, 0.4) is 0 Å². The predicted molar refractivity (Wildman–Crippen MR) is 134 cm³/mol. The van der Waals surface area contributed by atoms with E-state index in [1.807, 2.05) is 30.3 Å². The van der Waals surface area contributed by atoms with Crippen LogP contribution in [0.1, 0.15) is 22.2 Å². The molecule has 0 bridgehead atoms. The van der Waals surface area contributed by atoms with E-state index in [1.165, 1.54) is 23.5 Å². The molecular formula is C27H26FNO6S. The standard InChI is InChI=1S/C27H26FNO6S/c1-34-26-15(11-22-29-12-21(36-22)14-6-8-16(28)9-7-14)10-19(17-4-2-3-5-18(17)26)27-25(33)24(32)23(31)20(13-30)35-27/h2-10,12,20,23-25,27,30-33H,11,13H2,1H3. The molecule has 0 radical (unpaired) electrons. The molecule has 0 saturated carbocycles. The predicted octanol–water partition coefficient (Wildman–Crippen LogP) is 3.22. The summed E-state index contributed by atoms with van der Waals surface area (Å²) >= 11 is 1.48. The van der Waals surface area contributed by atoms with Gasteiger partial charge in [-0.2, -0.15) is 0 Å². The van der Waals surface area contributed by atoms with Gasteiger partial charge in [0, 0.05) is 23.6 Å². The molecule has 7 nitrogen and oxygen atoms in total. The van der Waals surface area contributed by atoms with Crippen LogP contribution in [0.2, 0.25) is 0 Å². The number of aliphatic hydroxyl groups excluding tert-OH is 4. The first kappa shape index (κ1) is 24.8. The van der Waals surface area contributed by atoms with E-state index in [0.29, 0.717) is 17.7 Å². The van der Waals surface area contributed by atoms with E-state index in [4.69, 9.17) is 9.47 Å². The number of benzene rings is 3. The third-order valence-electron chi connectivity index (χ3n) is 6.53. The Morgan fingerprint density at radius 2 is 1.72 bits per heavy atom. The van der Waals surface area contributed by atoms with Crippen molar-refractivity contribution in [2.24, 2.45) is 0 Å². The van der Waals surface area contributed by atoms with E-state index in [-0.39, 0.29) is 5.82 Å². The second-order valence-corrected chi connectivity index (χ2v) is 9.87. The molecule has 0 spiro atoms. The Labute approximate surface area is 211 Å². The van der Waals surface area contributed by atoms with Crippen LogP contribution in [-0.2, 0) is 11.2 Å². The van der Waals surface area contributed by atoms with Gasteiger partial charge in [0.2, 0.25) is 0 Å². The summed E-state index contributed by atoms with van der Waals surface area (Å²) in [7, 11) is 1.59. The Bertz CT molecular complexity index is 1360. The van der Waals surface area contributed by atoms with Gasteiger partial charge in [0.25, 0.3) is 0 Å². The SMILES string of the molecule is COc1c(Cc2ncc(-c3ccc(F)cc3)s2)cc(C2OC(CO)C(O)C(O)C2O)c2ccccc12. The van der Waals surface area contributed by atoms with Crippen LogP contribution in [0.5, 0.6) is 5.75 Å². The Balaban J connectivity index is 1.57. The number of thiazole rings is 1. The lowest BCUT2D eigenvalue weighted by molar-refractivity contribution is -0.231. The molecule has 5 unspecified atom stereocenters. The highest BCUT2D eigenvalue weighted by atomic mass is 32.1. The molecule has 0 amide bonds. The van der Waals surface area contributed by atoms with Crippen LogP contribution in [0.4, 0.5) is 4.39 Å². The van der Waals surface area contributed by atoms with Gasteiger partial charge in [0.1, 0.15) is 42.1 Å². The molecule has 1 aliphatic rings. The Morgan fingerprint density at radius 3 is 2.42 bits per heavy atom. The molecule has 5 rings (SSSR count). The maximum Gasteiger partial charge on any atom is 0.130 e. The fourth-order valence-electron chi connectivity index (χ4n) is 4.71. The van der Waals surface area contributed by atoms with Gasteiger partial charge >= 0.3 is 0 Å². The van der Waals surface area contributed by atoms with E-state index in [1.54, 1.807) is 25.4 Å². The van der Waals surface area contributed by atoms with Crippen molar-refractivity contribution in [2.45, 2.75) is 36.9 Å². The average Bonchev–Trinajstić information content (AvgIpc) is 3.36. The lowest BCUT2D eigenvalue weighted by atomic mass is 9.87. The summed E-state index contributed by atoms with van der Waals surface area (Å²) in [5, 5.41) is 43.4. The number of nitrogens with zero attached hydrogens (tertiary/aromatic N) is 1. The first-order chi connectivity index (χ1) is 17.4.